The molecule has 5 nitrogen and oxygen atoms in total. The van der Waals surface area contributed by atoms with Crippen LogP contribution in [0.3, 0.4) is 0 Å². The summed E-state index contributed by atoms with van der Waals surface area (Å²) in [6, 6.07) is 4.71. The SMILES string of the molecule is CN(C(=O)Nc1ccccc1F)C(OC=O)C(Cl)(Cl)Cl. The van der Waals surface area contributed by atoms with E-state index in [4.69, 9.17) is 34.8 Å². The van der Waals surface area contributed by atoms with Crippen molar-refractivity contribution in [3.63, 3.8) is 0 Å². The number of urea groups is 1. The van der Waals surface area contributed by atoms with Crippen molar-refractivity contribution in [3.8, 4) is 0 Å². The van der Waals surface area contributed by atoms with Crippen molar-refractivity contribution in [1.82, 2.24) is 4.90 Å². The minimum Gasteiger partial charge on any atom is -0.439 e. The predicted molar refractivity (Wildman–Crippen MR) is 74.4 cm³/mol. The van der Waals surface area contributed by atoms with Crippen LogP contribution in [-0.4, -0.2) is 34.5 Å². The third kappa shape index (κ3) is 4.40. The Bertz CT molecular complexity index is 496. The second kappa shape index (κ2) is 6.97. The summed E-state index contributed by atoms with van der Waals surface area (Å²) in [5.41, 5.74) is -0.0569. The summed E-state index contributed by atoms with van der Waals surface area (Å²) in [7, 11) is 1.23. The fraction of sp³-hybridized carbons (Fsp3) is 0.273. The van der Waals surface area contributed by atoms with E-state index in [0.717, 1.165) is 4.90 Å². The van der Waals surface area contributed by atoms with E-state index in [1.165, 1.54) is 31.3 Å². The van der Waals surface area contributed by atoms with Crippen molar-refractivity contribution in [2.24, 2.45) is 0 Å². The molecule has 0 bridgehead atoms. The lowest BCUT2D eigenvalue weighted by atomic mass is 10.3. The van der Waals surface area contributed by atoms with Crippen LogP contribution in [0.15, 0.2) is 24.3 Å². The van der Waals surface area contributed by atoms with E-state index < -0.39 is 21.9 Å². The minimum absolute atomic E-state index is 0.0411. The normalized spacial score (nSPS) is 12.4. The van der Waals surface area contributed by atoms with Gasteiger partial charge in [-0.1, -0.05) is 46.9 Å². The second-order valence-corrected chi connectivity index (χ2v) is 6.02. The van der Waals surface area contributed by atoms with Gasteiger partial charge in [-0.3, -0.25) is 9.69 Å². The van der Waals surface area contributed by atoms with E-state index >= 15 is 0 Å². The van der Waals surface area contributed by atoms with Gasteiger partial charge < -0.3 is 10.1 Å². The Kier molecular flexibility index (Phi) is 5.86. The summed E-state index contributed by atoms with van der Waals surface area (Å²) in [5.74, 6) is -0.629. The van der Waals surface area contributed by atoms with E-state index in [1.807, 2.05) is 0 Å². The molecule has 0 aliphatic carbocycles. The molecule has 110 valence electrons. The molecule has 1 atom stereocenters. The molecule has 1 aromatic rings. The average Bonchev–Trinajstić information content (AvgIpc) is 2.36. The maximum atomic E-state index is 13.4. The van der Waals surface area contributed by atoms with Gasteiger partial charge in [0.05, 0.1) is 5.69 Å². The fourth-order valence-corrected chi connectivity index (χ4v) is 1.91. The summed E-state index contributed by atoms with van der Waals surface area (Å²) in [6.07, 6.45) is -1.46. The molecule has 0 radical (unpaired) electrons. The molecule has 1 N–H and O–H groups in total. The van der Waals surface area contributed by atoms with Crippen LogP contribution in [-0.2, 0) is 9.53 Å². The van der Waals surface area contributed by atoms with Crippen molar-refractivity contribution >= 4 is 53.0 Å². The lowest BCUT2D eigenvalue weighted by molar-refractivity contribution is -0.139. The summed E-state index contributed by atoms with van der Waals surface area (Å²) >= 11 is 16.8. The van der Waals surface area contributed by atoms with Crippen molar-refractivity contribution < 1.29 is 18.7 Å². The number of halogens is 4. The molecule has 2 amide bonds. The van der Waals surface area contributed by atoms with Crippen LogP contribution < -0.4 is 5.32 Å². The molecule has 20 heavy (non-hydrogen) atoms. The maximum Gasteiger partial charge on any atom is 0.324 e. The Labute approximate surface area is 129 Å². The highest BCUT2D eigenvalue weighted by atomic mass is 35.6. The van der Waals surface area contributed by atoms with E-state index in [-0.39, 0.29) is 12.2 Å². The van der Waals surface area contributed by atoms with Gasteiger partial charge in [0.1, 0.15) is 5.82 Å². The Morgan fingerprint density at radius 2 is 2.05 bits per heavy atom. The second-order valence-electron chi connectivity index (χ2n) is 3.65. The zero-order valence-electron chi connectivity index (χ0n) is 10.1. The van der Waals surface area contributed by atoms with Crippen LogP contribution in [0.2, 0.25) is 0 Å². The molecule has 0 saturated carbocycles. The van der Waals surface area contributed by atoms with Gasteiger partial charge in [0.25, 0.3) is 6.47 Å². The Hall–Kier alpha value is -1.24. The highest BCUT2D eigenvalue weighted by Gasteiger charge is 2.40. The number of alkyl halides is 3. The van der Waals surface area contributed by atoms with Gasteiger partial charge >= 0.3 is 6.03 Å². The van der Waals surface area contributed by atoms with Crippen LogP contribution in [0, 0.1) is 5.82 Å². The quantitative estimate of drug-likeness (QED) is 0.519. The number of hydrogen-bond acceptors (Lipinski definition) is 3. The van der Waals surface area contributed by atoms with Crippen molar-refractivity contribution in [1.29, 1.82) is 0 Å². The summed E-state index contributed by atoms with van der Waals surface area (Å²) in [6.45, 7) is 0.0411. The standard InChI is InChI=1S/C11H10Cl3FN2O3/c1-17(9(20-6-18)11(12,13)14)10(19)16-8-5-3-2-4-7(8)15/h2-6,9H,1H3,(H,16,19). The molecule has 0 aromatic heterocycles. The highest BCUT2D eigenvalue weighted by molar-refractivity contribution is 6.68. The van der Waals surface area contributed by atoms with Gasteiger partial charge in [0, 0.05) is 7.05 Å². The summed E-state index contributed by atoms with van der Waals surface area (Å²) < 4.78 is 15.9. The zero-order chi connectivity index (χ0) is 15.3. The van der Waals surface area contributed by atoms with Gasteiger partial charge in [-0.15, -0.1) is 0 Å². The van der Waals surface area contributed by atoms with Crippen LogP contribution >= 0.6 is 34.8 Å². The van der Waals surface area contributed by atoms with Gasteiger partial charge in [-0.2, -0.15) is 0 Å². The number of benzene rings is 1. The fourth-order valence-electron chi connectivity index (χ4n) is 1.31. The zero-order valence-corrected chi connectivity index (χ0v) is 12.4. The first kappa shape index (κ1) is 16.8. The Balaban J connectivity index is 2.85. The summed E-state index contributed by atoms with van der Waals surface area (Å²) in [5, 5.41) is 2.26. The molecule has 1 unspecified atom stereocenters. The van der Waals surface area contributed by atoms with Crippen LogP contribution in [0.25, 0.3) is 0 Å². The third-order valence-electron chi connectivity index (χ3n) is 2.25. The number of nitrogens with one attached hydrogen (secondary N) is 1. The first-order valence-electron chi connectivity index (χ1n) is 5.21. The number of anilines is 1. The van der Waals surface area contributed by atoms with Gasteiger partial charge in [-0.05, 0) is 12.1 Å². The summed E-state index contributed by atoms with van der Waals surface area (Å²) in [4.78, 5) is 23.1. The minimum atomic E-state index is -2.05. The maximum absolute atomic E-state index is 13.4. The van der Waals surface area contributed by atoms with Crippen LogP contribution in [0.4, 0.5) is 14.9 Å². The van der Waals surface area contributed by atoms with E-state index in [2.05, 4.69) is 10.1 Å². The number of carbonyl (C=O) groups is 2. The molecule has 1 aromatic carbocycles. The molecule has 0 saturated heterocycles. The molecule has 9 heteroatoms. The lowest BCUT2D eigenvalue weighted by Gasteiger charge is -2.31. The molecule has 0 heterocycles. The molecule has 1 rings (SSSR count). The Morgan fingerprint density at radius 1 is 1.45 bits per heavy atom. The van der Waals surface area contributed by atoms with Gasteiger partial charge in [0.2, 0.25) is 10.0 Å². The molecule has 0 fully saturated rings. The number of rotatable bonds is 4. The molecule has 0 aliphatic rings. The van der Waals surface area contributed by atoms with Gasteiger partial charge in [-0.25, -0.2) is 9.18 Å². The predicted octanol–water partition coefficient (Wildman–Crippen LogP) is 3.16. The number of ether oxygens (including phenoxy) is 1. The number of para-hydroxylation sites is 1. The van der Waals surface area contributed by atoms with Crippen molar-refractivity contribution in [3.05, 3.63) is 30.1 Å². The smallest absolute Gasteiger partial charge is 0.324 e. The Morgan fingerprint density at radius 3 is 2.55 bits per heavy atom. The van der Waals surface area contributed by atoms with Crippen molar-refractivity contribution in [2.75, 3.05) is 12.4 Å². The van der Waals surface area contributed by atoms with Gasteiger partial charge in [0.15, 0.2) is 0 Å². The molecule has 0 aliphatic heterocycles. The molecular weight excluding hydrogens is 333 g/mol. The van der Waals surface area contributed by atoms with E-state index in [9.17, 15) is 14.0 Å². The van der Waals surface area contributed by atoms with Crippen LogP contribution in [0.5, 0.6) is 0 Å². The number of nitrogens with zero attached hydrogens (tertiary/aromatic N) is 1. The first-order valence-corrected chi connectivity index (χ1v) is 6.35. The number of carbonyl (C=O) groups excluding carboxylic acids is 2. The number of amides is 2. The van der Waals surface area contributed by atoms with E-state index in [0.29, 0.717) is 0 Å². The van der Waals surface area contributed by atoms with E-state index in [1.54, 1.807) is 0 Å². The van der Waals surface area contributed by atoms with Crippen molar-refractivity contribution in [2.45, 2.75) is 10.0 Å². The average molecular weight is 344 g/mol. The van der Waals surface area contributed by atoms with Crippen LogP contribution in [0.1, 0.15) is 0 Å². The highest BCUT2D eigenvalue weighted by Crippen LogP contribution is 2.33. The topological polar surface area (TPSA) is 58.6 Å². The molecule has 0 spiro atoms. The largest absolute Gasteiger partial charge is 0.439 e. The number of hydrogen-bond donors (Lipinski definition) is 1. The lowest BCUT2D eigenvalue weighted by Crippen LogP contribution is -2.48. The monoisotopic (exact) mass is 342 g/mol. The first-order chi connectivity index (χ1) is 9.27. The molecular formula is C11H10Cl3FN2O3. The third-order valence-corrected chi connectivity index (χ3v) is 2.81.